The van der Waals surface area contributed by atoms with Crippen LogP contribution in [0, 0.1) is 0 Å². The second kappa shape index (κ2) is 5.73. The van der Waals surface area contributed by atoms with Gasteiger partial charge in [0.1, 0.15) is 5.52 Å². The van der Waals surface area contributed by atoms with E-state index >= 15 is 0 Å². The number of nitrogens with two attached hydrogens (primary N) is 1. The van der Waals surface area contributed by atoms with Gasteiger partial charge in [0.2, 0.25) is 0 Å². The van der Waals surface area contributed by atoms with E-state index < -0.39 is 0 Å². The third kappa shape index (κ3) is 2.92. The number of nitrogen functional groups attached to an aromatic ring is 1. The first-order valence-corrected chi connectivity index (χ1v) is 6.19. The maximum atomic E-state index is 8.71. The zero-order valence-electron chi connectivity index (χ0n) is 10.6. The zero-order valence-corrected chi connectivity index (χ0v) is 10.6. The van der Waals surface area contributed by atoms with Gasteiger partial charge < -0.3 is 20.2 Å². The highest BCUT2D eigenvalue weighted by molar-refractivity contribution is 5.78. The Morgan fingerprint density at radius 3 is 2.94 bits per heavy atom. The molecule has 0 fully saturated rings. The Balaban J connectivity index is 2.01. The summed E-state index contributed by atoms with van der Waals surface area (Å²) in [5.41, 5.74) is 7.93. The lowest BCUT2D eigenvalue weighted by molar-refractivity contribution is 0.283. The number of nitrogens with zero attached hydrogens (tertiary/aromatic N) is 2. The van der Waals surface area contributed by atoms with E-state index in [9.17, 15) is 0 Å². The van der Waals surface area contributed by atoms with Gasteiger partial charge in [0.25, 0.3) is 6.01 Å². The number of oxazole rings is 1. The summed E-state index contributed by atoms with van der Waals surface area (Å²) >= 11 is 0. The molecule has 1 aromatic carbocycles. The topological polar surface area (TPSA) is 75.5 Å². The van der Waals surface area contributed by atoms with E-state index in [2.05, 4.69) is 4.98 Å². The van der Waals surface area contributed by atoms with Crippen molar-refractivity contribution in [1.29, 1.82) is 0 Å². The maximum absolute atomic E-state index is 8.71. The Hall–Kier alpha value is -1.75. The van der Waals surface area contributed by atoms with Crippen LogP contribution in [0.1, 0.15) is 19.3 Å². The molecule has 0 saturated heterocycles. The molecule has 0 unspecified atom stereocenters. The summed E-state index contributed by atoms with van der Waals surface area (Å²) in [4.78, 5) is 6.38. The van der Waals surface area contributed by atoms with Crippen LogP contribution in [0.4, 0.5) is 11.7 Å². The molecule has 0 amide bonds. The largest absolute Gasteiger partial charge is 0.423 e. The summed E-state index contributed by atoms with van der Waals surface area (Å²) < 4.78 is 5.65. The van der Waals surface area contributed by atoms with Crippen molar-refractivity contribution in [3.63, 3.8) is 0 Å². The number of aromatic nitrogens is 1. The fourth-order valence-electron chi connectivity index (χ4n) is 1.83. The molecule has 98 valence electrons. The Morgan fingerprint density at radius 1 is 1.33 bits per heavy atom. The molecule has 0 bridgehead atoms. The summed E-state index contributed by atoms with van der Waals surface area (Å²) in [6.45, 7) is 1.12. The molecule has 0 saturated carbocycles. The molecule has 0 atom stereocenters. The molecule has 2 aromatic rings. The Morgan fingerprint density at radius 2 is 2.17 bits per heavy atom. The molecule has 0 aliphatic carbocycles. The van der Waals surface area contributed by atoms with Crippen LogP contribution in [-0.4, -0.2) is 30.3 Å². The van der Waals surface area contributed by atoms with Gasteiger partial charge in [0.05, 0.1) is 0 Å². The van der Waals surface area contributed by atoms with Crippen LogP contribution in [0.3, 0.4) is 0 Å². The van der Waals surface area contributed by atoms with E-state index in [1.807, 2.05) is 24.1 Å². The average Bonchev–Trinajstić information content (AvgIpc) is 2.77. The predicted octanol–water partition coefficient (Wildman–Crippen LogP) is 2.01. The van der Waals surface area contributed by atoms with Crippen LogP contribution in [0.2, 0.25) is 0 Å². The summed E-state index contributed by atoms with van der Waals surface area (Å²) in [5, 5.41) is 8.71. The van der Waals surface area contributed by atoms with E-state index in [4.69, 9.17) is 15.3 Å². The van der Waals surface area contributed by atoms with Crippen molar-refractivity contribution in [2.24, 2.45) is 0 Å². The molecule has 2 rings (SSSR count). The first kappa shape index (κ1) is 12.7. The highest BCUT2D eigenvalue weighted by atomic mass is 16.4. The number of fused-ring (bicyclic) bond motifs is 1. The van der Waals surface area contributed by atoms with Crippen molar-refractivity contribution in [1.82, 2.24) is 4.98 Å². The number of benzene rings is 1. The molecule has 1 aromatic heterocycles. The number of aliphatic hydroxyl groups excluding tert-OH is 1. The molecule has 0 spiro atoms. The first-order valence-electron chi connectivity index (χ1n) is 6.19. The number of rotatable bonds is 6. The molecule has 5 nitrogen and oxygen atoms in total. The summed E-state index contributed by atoms with van der Waals surface area (Å²) in [5.74, 6) is 0. The fraction of sp³-hybridized carbons (Fsp3) is 0.462. The number of unbranched alkanes of at least 4 members (excludes halogenated alkanes) is 2. The van der Waals surface area contributed by atoms with Crippen LogP contribution in [-0.2, 0) is 0 Å². The third-order valence-corrected chi connectivity index (χ3v) is 2.88. The van der Waals surface area contributed by atoms with Crippen molar-refractivity contribution in [3.05, 3.63) is 18.2 Å². The molecule has 0 radical (unpaired) electrons. The average molecular weight is 249 g/mol. The van der Waals surface area contributed by atoms with Crippen LogP contribution in [0.25, 0.3) is 11.1 Å². The monoisotopic (exact) mass is 249 g/mol. The van der Waals surface area contributed by atoms with E-state index in [1.165, 1.54) is 0 Å². The summed E-state index contributed by atoms with van der Waals surface area (Å²) in [6, 6.07) is 6.06. The Bertz CT molecular complexity index is 510. The van der Waals surface area contributed by atoms with Gasteiger partial charge in [0.15, 0.2) is 5.58 Å². The van der Waals surface area contributed by atoms with E-state index in [0.717, 1.165) is 36.9 Å². The van der Waals surface area contributed by atoms with Gasteiger partial charge in [-0.15, -0.1) is 0 Å². The first-order chi connectivity index (χ1) is 8.70. The Kier molecular flexibility index (Phi) is 4.04. The number of aliphatic hydroxyl groups is 1. The van der Waals surface area contributed by atoms with Gasteiger partial charge in [-0.2, -0.15) is 4.98 Å². The lowest BCUT2D eigenvalue weighted by atomic mass is 10.2. The van der Waals surface area contributed by atoms with Crippen molar-refractivity contribution >= 4 is 22.8 Å². The van der Waals surface area contributed by atoms with Gasteiger partial charge in [-0.3, -0.25) is 0 Å². The highest BCUT2D eigenvalue weighted by Gasteiger charge is 2.09. The quantitative estimate of drug-likeness (QED) is 0.605. The molecule has 18 heavy (non-hydrogen) atoms. The lowest BCUT2D eigenvalue weighted by Gasteiger charge is -2.13. The Labute approximate surface area is 106 Å². The molecular weight excluding hydrogens is 230 g/mol. The van der Waals surface area contributed by atoms with Gasteiger partial charge in [-0.05, 0) is 37.5 Å². The van der Waals surface area contributed by atoms with Crippen molar-refractivity contribution in [2.75, 3.05) is 30.8 Å². The van der Waals surface area contributed by atoms with Gasteiger partial charge in [-0.1, -0.05) is 0 Å². The molecule has 0 aliphatic rings. The molecule has 1 heterocycles. The number of hydrogen-bond acceptors (Lipinski definition) is 5. The smallest absolute Gasteiger partial charge is 0.298 e. The lowest BCUT2D eigenvalue weighted by Crippen LogP contribution is -2.18. The van der Waals surface area contributed by atoms with Crippen LogP contribution in [0.15, 0.2) is 22.6 Å². The minimum absolute atomic E-state index is 0.256. The minimum atomic E-state index is 0.256. The number of hydrogen-bond donors (Lipinski definition) is 2. The molecular formula is C13H19N3O2. The van der Waals surface area contributed by atoms with Gasteiger partial charge in [-0.25, -0.2) is 0 Å². The second-order valence-electron chi connectivity index (χ2n) is 4.43. The van der Waals surface area contributed by atoms with Crippen LogP contribution < -0.4 is 10.6 Å². The second-order valence-corrected chi connectivity index (χ2v) is 4.43. The predicted molar refractivity (Wildman–Crippen MR) is 72.6 cm³/mol. The van der Waals surface area contributed by atoms with Gasteiger partial charge >= 0.3 is 0 Å². The highest BCUT2D eigenvalue weighted by Crippen LogP contribution is 2.23. The summed E-state index contributed by atoms with van der Waals surface area (Å²) in [7, 11) is 1.95. The summed E-state index contributed by atoms with van der Waals surface area (Å²) in [6.07, 6.45) is 2.86. The van der Waals surface area contributed by atoms with E-state index in [-0.39, 0.29) is 6.61 Å². The van der Waals surface area contributed by atoms with Crippen molar-refractivity contribution in [2.45, 2.75) is 19.3 Å². The zero-order chi connectivity index (χ0) is 13.0. The molecule has 0 aliphatic heterocycles. The molecule has 3 N–H and O–H groups in total. The van der Waals surface area contributed by atoms with E-state index in [0.29, 0.717) is 11.7 Å². The SMILES string of the molecule is CN(CCCCCO)c1nc2cc(N)ccc2o1. The normalized spacial score (nSPS) is 11.0. The van der Waals surface area contributed by atoms with Crippen molar-refractivity contribution < 1.29 is 9.52 Å². The van der Waals surface area contributed by atoms with Gasteiger partial charge in [0, 0.05) is 25.9 Å². The minimum Gasteiger partial charge on any atom is -0.423 e. The van der Waals surface area contributed by atoms with E-state index in [1.54, 1.807) is 6.07 Å². The molecule has 5 heteroatoms. The van der Waals surface area contributed by atoms with Crippen LogP contribution >= 0.6 is 0 Å². The standard InChI is InChI=1S/C13H19N3O2/c1-16(7-3-2-4-8-17)13-15-11-9-10(14)5-6-12(11)18-13/h5-6,9,17H,2-4,7-8,14H2,1H3. The van der Waals surface area contributed by atoms with Crippen molar-refractivity contribution in [3.8, 4) is 0 Å². The fourth-order valence-corrected chi connectivity index (χ4v) is 1.83. The third-order valence-electron chi connectivity index (χ3n) is 2.88. The number of anilines is 2. The van der Waals surface area contributed by atoms with Crippen LogP contribution in [0.5, 0.6) is 0 Å². The maximum Gasteiger partial charge on any atom is 0.298 e.